The minimum absolute atomic E-state index is 0. The minimum Gasteiger partial charge on any atom is -0.373 e. The third-order valence-corrected chi connectivity index (χ3v) is 4.14. The summed E-state index contributed by atoms with van der Waals surface area (Å²) in [4.78, 5) is 12.5. The first-order valence-corrected chi connectivity index (χ1v) is 7.75. The van der Waals surface area contributed by atoms with E-state index in [2.05, 4.69) is 48.7 Å². The smallest absolute Gasteiger partial charge is 0.226 e. The molecule has 2 rings (SSSR count). The molecule has 0 saturated carbocycles. The Morgan fingerprint density at radius 1 is 1.36 bits per heavy atom. The molecular weight excluding hydrogens is 300 g/mol. The Hall–Kier alpha value is -1.10. The number of aryl methyl sites for hydroxylation is 1. The van der Waals surface area contributed by atoms with Gasteiger partial charge in [-0.05, 0) is 39.3 Å². The Morgan fingerprint density at radius 3 is 2.68 bits per heavy atom. The maximum atomic E-state index is 12.5. The van der Waals surface area contributed by atoms with Crippen LogP contribution in [-0.4, -0.2) is 32.1 Å². The summed E-state index contributed by atoms with van der Waals surface area (Å²) in [7, 11) is 1.90. The summed E-state index contributed by atoms with van der Waals surface area (Å²) in [6, 6.07) is 8.57. The highest BCUT2D eigenvalue weighted by Crippen LogP contribution is 2.33. The molecule has 124 valence electrons. The third kappa shape index (κ3) is 4.97. The van der Waals surface area contributed by atoms with Crippen LogP contribution in [0.3, 0.4) is 0 Å². The first-order valence-electron chi connectivity index (χ1n) is 7.75. The first kappa shape index (κ1) is 18.9. The van der Waals surface area contributed by atoms with Crippen molar-refractivity contribution in [1.29, 1.82) is 0 Å². The van der Waals surface area contributed by atoms with Crippen LogP contribution in [0.1, 0.15) is 37.0 Å². The summed E-state index contributed by atoms with van der Waals surface area (Å²) in [6.07, 6.45) is 1.71. The van der Waals surface area contributed by atoms with E-state index in [1.165, 1.54) is 5.56 Å². The number of ether oxygens (including phenoxy) is 1. The molecule has 1 aromatic carbocycles. The summed E-state index contributed by atoms with van der Waals surface area (Å²) in [6.45, 7) is 5.49. The van der Waals surface area contributed by atoms with E-state index < -0.39 is 0 Å². The number of amides is 1. The van der Waals surface area contributed by atoms with Gasteiger partial charge in [-0.25, -0.2) is 0 Å². The molecule has 1 saturated heterocycles. The van der Waals surface area contributed by atoms with Crippen LogP contribution in [0.25, 0.3) is 0 Å². The van der Waals surface area contributed by atoms with Gasteiger partial charge in [0.1, 0.15) is 0 Å². The number of carbonyl (C=O) groups is 1. The molecule has 3 unspecified atom stereocenters. The topological polar surface area (TPSA) is 50.4 Å². The van der Waals surface area contributed by atoms with E-state index in [0.717, 1.165) is 25.0 Å². The van der Waals surface area contributed by atoms with Crippen LogP contribution < -0.4 is 10.6 Å². The molecule has 1 fully saturated rings. The van der Waals surface area contributed by atoms with Crippen molar-refractivity contribution in [2.45, 2.75) is 38.8 Å². The quantitative estimate of drug-likeness (QED) is 0.874. The van der Waals surface area contributed by atoms with Crippen molar-refractivity contribution in [1.82, 2.24) is 10.6 Å². The fourth-order valence-electron chi connectivity index (χ4n) is 2.62. The fourth-order valence-corrected chi connectivity index (χ4v) is 2.62. The zero-order valence-corrected chi connectivity index (χ0v) is 14.4. The molecule has 0 radical (unpaired) electrons. The van der Waals surface area contributed by atoms with E-state index in [9.17, 15) is 4.79 Å². The van der Waals surface area contributed by atoms with Crippen LogP contribution in [0.4, 0.5) is 0 Å². The molecule has 5 heteroatoms. The van der Waals surface area contributed by atoms with Crippen molar-refractivity contribution < 1.29 is 9.53 Å². The Labute approximate surface area is 139 Å². The lowest BCUT2D eigenvalue weighted by atomic mass is 9.88. The molecule has 22 heavy (non-hydrogen) atoms. The average Bonchev–Trinajstić information content (AvgIpc) is 2.53. The highest BCUT2D eigenvalue weighted by Gasteiger charge is 2.32. The van der Waals surface area contributed by atoms with E-state index in [1.54, 1.807) is 0 Å². The molecule has 0 aliphatic carbocycles. The number of halogens is 1. The first-order chi connectivity index (χ1) is 10.1. The van der Waals surface area contributed by atoms with Gasteiger partial charge in [0.05, 0.1) is 12.0 Å². The van der Waals surface area contributed by atoms with Crippen LogP contribution in [0.5, 0.6) is 0 Å². The lowest BCUT2D eigenvalue weighted by Crippen LogP contribution is -2.42. The second-order valence-corrected chi connectivity index (χ2v) is 5.89. The minimum atomic E-state index is -0.121. The van der Waals surface area contributed by atoms with Crippen molar-refractivity contribution in [3.63, 3.8) is 0 Å². The highest BCUT2D eigenvalue weighted by atomic mass is 35.5. The van der Waals surface area contributed by atoms with Crippen molar-refractivity contribution >= 4 is 18.3 Å². The Kier molecular flexibility index (Phi) is 7.87. The number of nitrogens with one attached hydrogen (secondary N) is 2. The molecule has 1 aliphatic heterocycles. The monoisotopic (exact) mass is 326 g/mol. The lowest BCUT2D eigenvalue weighted by Gasteiger charge is -2.31. The van der Waals surface area contributed by atoms with Gasteiger partial charge in [0.15, 0.2) is 0 Å². The van der Waals surface area contributed by atoms with Gasteiger partial charge in [-0.2, -0.15) is 0 Å². The van der Waals surface area contributed by atoms with Crippen molar-refractivity contribution in [2.75, 3.05) is 20.2 Å². The normalized spacial score (nSPS) is 22.5. The standard InChI is InChI=1S/C17H26N2O2.ClH/c1-12-6-8-14(9-7-12)16-15(5-4-10-21-16)17(20)19-11-13(2)18-3;/h6-9,13,15-16,18H,4-5,10-11H2,1-3H3,(H,19,20);1H. The summed E-state index contributed by atoms with van der Waals surface area (Å²) >= 11 is 0. The molecular formula is C17H27ClN2O2. The SMILES string of the molecule is CNC(C)CNC(=O)C1CCCOC1c1ccc(C)cc1.Cl. The maximum Gasteiger partial charge on any atom is 0.226 e. The Bertz CT molecular complexity index is 464. The van der Waals surface area contributed by atoms with Gasteiger partial charge in [0.2, 0.25) is 5.91 Å². The second-order valence-electron chi connectivity index (χ2n) is 5.89. The van der Waals surface area contributed by atoms with Gasteiger partial charge in [-0.15, -0.1) is 12.4 Å². The van der Waals surface area contributed by atoms with Crippen LogP contribution in [0.2, 0.25) is 0 Å². The van der Waals surface area contributed by atoms with Crippen LogP contribution in [0.15, 0.2) is 24.3 Å². The number of hydrogen-bond donors (Lipinski definition) is 2. The number of likely N-dealkylation sites (N-methyl/N-ethyl adjacent to an activating group) is 1. The van der Waals surface area contributed by atoms with E-state index in [1.807, 2.05) is 7.05 Å². The molecule has 0 aromatic heterocycles. The van der Waals surface area contributed by atoms with E-state index >= 15 is 0 Å². The molecule has 1 heterocycles. The number of hydrogen-bond acceptors (Lipinski definition) is 3. The summed E-state index contributed by atoms with van der Waals surface area (Å²) in [5.41, 5.74) is 2.32. The molecule has 3 atom stereocenters. The highest BCUT2D eigenvalue weighted by molar-refractivity contribution is 5.85. The summed E-state index contributed by atoms with van der Waals surface area (Å²) < 4.78 is 5.89. The Balaban J connectivity index is 0.00000242. The molecule has 2 N–H and O–H groups in total. The third-order valence-electron chi connectivity index (χ3n) is 4.14. The molecule has 0 bridgehead atoms. The largest absolute Gasteiger partial charge is 0.373 e. The molecule has 0 spiro atoms. The van der Waals surface area contributed by atoms with E-state index in [4.69, 9.17) is 4.74 Å². The van der Waals surface area contributed by atoms with Crippen LogP contribution >= 0.6 is 12.4 Å². The average molecular weight is 327 g/mol. The fraction of sp³-hybridized carbons (Fsp3) is 0.588. The zero-order valence-electron chi connectivity index (χ0n) is 13.6. The van der Waals surface area contributed by atoms with Crippen molar-refractivity contribution in [3.8, 4) is 0 Å². The van der Waals surface area contributed by atoms with E-state index in [-0.39, 0.29) is 36.4 Å². The maximum absolute atomic E-state index is 12.5. The van der Waals surface area contributed by atoms with Crippen molar-refractivity contribution in [3.05, 3.63) is 35.4 Å². The molecule has 1 aliphatic rings. The van der Waals surface area contributed by atoms with Gasteiger partial charge < -0.3 is 15.4 Å². The van der Waals surface area contributed by atoms with Gasteiger partial charge in [-0.3, -0.25) is 4.79 Å². The number of carbonyl (C=O) groups excluding carboxylic acids is 1. The zero-order chi connectivity index (χ0) is 15.2. The predicted molar refractivity (Wildman–Crippen MR) is 91.4 cm³/mol. The summed E-state index contributed by atoms with van der Waals surface area (Å²) in [5, 5.41) is 6.16. The van der Waals surface area contributed by atoms with Crippen LogP contribution in [-0.2, 0) is 9.53 Å². The summed E-state index contributed by atoms with van der Waals surface area (Å²) in [5.74, 6) is 0.00730. The Morgan fingerprint density at radius 2 is 2.05 bits per heavy atom. The van der Waals surface area contributed by atoms with Gasteiger partial charge in [-0.1, -0.05) is 29.8 Å². The van der Waals surface area contributed by atoms with Crippen LogP contribution in [0, 0.1) is 12.8 Å². The van der Waals surface area contributed by atoms with Crippen molar-refractivity contribution in [2.24, 2.45) is 5.92 Å². The van der Waals surface area contributed by atoms with Gasteiger partial charge >= 0.3 is 0 Å². The second kappa shape index (κ2) is 9.13. The molecule has 1 amide bonds. The number of rotatable bonds is 5. The van der Waals surface area contributed by atoms with E-state index in [0.29, 0.717) is 6.54 Å². The van der Waals surface area contributed by atoms with Gasteiger partial charge in [0, 0.05) is 19.2 Å². The predicted octanol–water partition coefficient (Wildman–Crippen LogP) is 2.61. The lowest BCUT2D eigenvalue weighted by molar-refractivity contribution is -0.134. The molecule has 1 aromatic rings. The van der Waals surface area contributed by atoms with Gasteiger partial charge in [0.25, 0.3) is 0 Å². The number of benzene rings is 1. The molecule has 4 nitrogen and oxygen atoms in total.